The zero-order valence-corrected chi connectivity index (χ0v) is 43.4. The predicted molar refractivity (Wildman–Crippen MR) is 274 cm³/mol. The van der Waals surface area contributed by atoms with Crippen LogP contribution in [0.1, 0.15) is 232 Å². The number of unbranched alkanes of at least 4 members (excludes halogenated alkanes) is 27. The Morgan fingerprint density at radius 2 is 0.922 bits per heavy atom. The molecule has 9 heteroatoms. The zero-order chi connectivity index (χ0) is 47.1. The van der Waals surface area contributed by atoms with E-state index < -0.39 is 26.6 Å². The van der Waals surface area contributed by atoms with E-state index in [0.717, 1.165) is 51.4 Å². The predicted octanol–water partition coefficient (Wildman–Crippen LogP) is 15.1. The van der Waals surface area contributed by atoms with E-state index in [4.69, 9.17) is 9.05 Å². The Morgan fingerprint density at radius 1 is 0.547 bits per heavy atom. The lowest BCUT2D eigenvalue weighted by atomic mass is 10.0. The quantitative estimate of drug-likeness (QED) is 0.0272. The van der Waals surface area contributed by atoms with Crippen molar-refractivity contribution in [2.45, 2.75) is 244 Å². The third kappa shape index (κ3) is 48.1. The summed E-state index contributed by atoms with van der Waals surface area (Å²) in [5.74, 6) is -0.209. The second-order valence-electron chi connectivity index (χ2n) is 19.2. The molecular weight excluding hydrogens is 816 g/mol. The Morgan fingerprint density at radius 3 is 1.38 bits per heavy atom. The van der Waals surface area contributed by atoms with Gasteiger partial charge in [-0.2, -0.15) is 0 Å². The van der Waals surface area contributed by atoms with Crippen molar-refractivity contribution in [1.29, 1.82) is 0 Å². The molecule has 8 nitrogen and oxygen atoms in total. The number of allylic oxidation sites excluding steroid dienone is 9. The van der Waals surface area contributed by atoms with Gasteiger partial charge in [-0.15, -0.1) is 0 Å². The van der Waals surface area contributed by atoms with Crippen LogP contribution in [0, 0.1) is 0 Å². The normalized spacial score (nSPS) is 14.5. The molecule has 0 aromatic rings. The van der Waals surface area contributed by atoms with Crippen LogP contribution in [0.25, 0.3) is 0 Å². The van der Waals surface area contributed by atoms with Crippen LogP contribution in [0.3, 0.4) is 0 Å². The third-order valence-electron chi connectivity index (χ3n) is 11.7. The summed E-state index contributed by atoms with van der Waals surface area (Å²) >= 11 is 0. The van der Waals surface area contributed by atoms with Gasteiger partial charge < -0.3 is 28.8 Å². The second kappa shape index (κ2) is 46.3. The molecule has 0 aromatic heterocycles. The number of phosphoric ester groups is 1. The first-order chi connectivity index (χ1) is 31.0. The van der Waals surface area contributed by atoms with Gasteiger partial charge in [-0.05, 0) is 70.6 Å². The summed E-state index contributed by atoms with van der Waals surface area (Å²) in [6.07, 6.45) is 61.5. The van der Waals surface area contributed by atoms with Crippen molar-refractivity contribution < 1.29 is 32.9 Å². The number of likely N-dealkylation sites (N-methyl/N-ethyl adjacent to an activating group) is 1. The van der Waals surface area contributed by atoms with Crippen molar-refractivity contribution in [2.75, 3.05) is 40.9 Å². The van der Waals surface area contributed by atoms with Gasteiger partial charge in [-0.3, -0.25) is 9.36 Å². The van der Waals surface area contributed by atoms with Gasteiger partial charge in [0.2, 0.25) is 5.91 Å². The molecule has 3 atom stereocenters. The minimum Gasteiger partial charge on any atom is -0.756 e. The maximum Gasteiger partial charge on any atom is 0.268 e. The first-order valence-corrected chi connectivity index (χ1v) is 28.1. The lowest BCUT2D eigenvalue weighted by Gasteiger charge is -2.29. The average Bonchev–Trinajstić information content (AvgIpc) is 3.25. The average molecular weight is 919 g/mol. The van der Waals surface area contributed by atoms with Crippen molar-refractivity contribution in [2.24, 2.45) is 0 Å². The molecule has 374 valence electrons. The number of aliphatic hydroxyl groups excluding tert-OH is 1. The molecule has 0 rings (SSSR count). The fourth-order valence-electron chi connectivity index (χ4n) is 7.47. The number of carbonyl (C=O) groups excluding carboxylic acids is 1. The second-order valence-corrected chi connectivity index (χ2v) is 20.6. The van der Waals surface area contributed by atoms with Crippen molar-refractivity contribution >= 4 is 13.7 Å². The van der Waals surface area contributed by atoms with Gasteiger partial charge in [-0.25, -0.2) is 0 Å². The minimum absolute atomic E-state index is 0.00784. The molecule has 3 unspecified atom stereocenters. The maximum atomic E-state index is 12.9. The monoisotopic (exact) mass is 919 g/mol. The molecule has 0 fully saturated rings. The Labute approximate surface area is 396 Å². The Balaban J connectivity index is 4.16. The Bertz CT molecular complexity index is 1230. The van der Waals surface area contributed by atoms with Crippen molar-refractivity contribution in [3.05, 3.63) is 60.8 Å². The van der Waals surface area contributed by atoms with Gasteiger partial charge in [0.1, 0.15) is 13.2 Å². The van der Waals surface area contributed by atoms with E-state index in [-0.39, 0.29) is 12.5 Å². The number of aliphatic hydroxyl groups is 1. The number of rotatable bonds is 48. The first-order valence-electron chi connectivity index (χ1n) is 26.7. The van der Waals surface area contributed by atoms with Gasteiger partial charge in [-0.1, -0.05) is 216 Å². The number of hydrogen-bond donors (Lipinski definition) is 2. The van der Waals surface area contributed by atoms with Crippen LogP contribution in [-0.4, -0.2) is 68.5 Å². The molecule has 64 heavy (non-hydrogen) atoms. The van der Waals surface area contributed by atoms with Crippen LogP contribution in [0.2, 0.25) is 0 Å². The van der Waals surface area contributed by atoms with Gasteiger partial charge >= 0.3 is 0 Å². The van der Waals surface area contributed by atoms with E-state index in [9.17, 15) is 19.4 Å². The number of nitrogens with zero attached hydrogens (tertiary/aromatic N) is 1. The zero-order valence-electron chi connectivity index (χ0n) is 42.5. The molecule has 1 amide bonds. The summed E-state index contributed by atoms with van der Waals surface area (Å²) in [6, 6.07) is -0.904. The maximum absolute atomic E-state index is 12.9. The van der Waals surface area contributed by atoms with Gasteiger partial charge in [0, 0.05) is 6.42 Å². The number of amides is 1. The highest BCUT2D eigenvalue weighted by molar-refractivity contribution is 7.45. The molecule has 0 spiro atoms. The van der Waals surface area contributed by atoms with Crippen LogP contribution in [-0.2, 0) is 18.4 Å². The van der Waals surface area contributed by atoms with Crippen molar-refractivity contribution in [3.63, 3.8) is 0 Å². The van der Waals surface area contributed by atoms with Gasteiger partial charge in [0.05, 0.1) is 39.9 Å². The number of carbonyl (C=O) groups is 1. The van der Waals surface area contributed by atoms with Crippen LogP contribution < -0.4 is 10.2 Å². The topological polar surface area (TPSA) is 108 Å². The summed E-state index contributed by atoms with van der Waals surface area (Å²) in [4.78, 5) is 25.4. The first kappa shape index (κ1) is 62.2. The van der Waals surface area contributed by atoms with Crippen LogP contribution >= 0.6 is 7.82 Å². The largest absolute Gasteiger partial charge is 0.756 e. The standard InChI is InChI=1S/C55H103N2O6P/c1-6-8-10-12-14-16-18-20-21-22-23-24-25-26-27-28-29-30-31-32-33-34-35-37-39-41-43-45-47-49-55(59)56-53(52-63-64(60,61)62-51-50-57(3,4)5)54(58)48-46-44-42-40-38-36-19-17-15-13-11-9-7-2/h18,20,22-23,25-26,38,40,46,48,53-54,58H,6-17,19,21,24,27-37,39,41-45,47,49-52H2,1-5H3,(H-,56,59,60,61)/b20-18-,23-22-,26-25-,40-38+,48-46+. The van der Waals surface area contributed by atoms with E-state index in [1.807, 2.05) is 27.2 Å². The molecule has 0 saturated carbocycles. The molecular formula is C55H103N2O6P. The fourth-order valence-corrected chi connectivity index (χ4v) is 8.19. The van der Waals surface area contributed by atoms with E-state index in [2.05, 4.69) is 67.8 Å². The number of quaternary nitrogens is 1. The Hall–Kier alpha value is -1.80. The van der Waals surface area contributed by atoms with E-state index >= 15 is 0 Å². The smallest absolute Gasteiger partial charge is 0.268 e. The van der Waals surface area contributed by atoms with Crippen molar-refractivity contribution in [3.8, 4) is 0 Å². The van der Waals surface area contributed by atoms with E-state index in [0.29, 0.717) is 17.4 Å². The number of nitrogens with one attached hydrogen (secondary N) is 1. The minimum atomic E-state index is -4.60. The third-order valence-corrected chi connectivity index (χ3v) is 12.7. The molecule has 0 aliphatic rings. The van der Waals surface area contributed by atoms with E-state index in [1.54, 1.807) is 6.08 Å². The van der Waals surface area contributed by atoms with Gasteiger partial charge in [0.15, 0.2) is 0 Å². The molecule has 0 aromatic carbocycles. The highest BCUT2D eigenvalue weighted by atomic mass is 31.2. The SMILES string of the molecule is CCCCCCC/C=C\C/C=C\C/C=C\CCCCCCCCCCCCCCCCC(=O)NC(COP(=O)([O-])OCC[N+](C)(C)C)C(O)/C=C/CC/C=C/CCCCCCCCC. The molecule has 0 saturated heterocycles. The highest BCUT2D eigenvalue weighted by Gasteiger charge is 2.23. The summed E-state index contributed by atoms with van der Waals surface area (Å²) in [5, 5.41) is 13.8. The molecule has 0 heterocycles. The fraction of sp³-hybridized carbons (Fsp3) is 0.800. The molecule has 0 radical (unpaired) electrons. The summed E-state index contributed by atoms with van der Waals surface area (Å²) < 4.78 is 23.2. The van der Waals surface area contributed by atoms with Crippen LogP contribution in [0.5, 0.6) is 0 Å². The lowest BCUT2D eigenvalue weighted by Crippen LogP contribution is -2.45. The number of phosphoric acid groups is 1. The number of hydrogen-bond acceptors (Lipinski definition) is 6. The molecule has 0 aliphatic heterocycles. The molecule has 0 bridgehead atoms. The van der Waals surface area contributed by atoms with Crippen LogP contribution in [0.4, 0.5) is 0 Å². The highest BCUT2D eigenvalue weighted by Crippen LogP contribution is 2.38. The van der Waals surface area contributed by atoms with E-state index in [1.165, 1.54) is 161 Å². The van der Waals surface area contributed by atoms with Gasteiger partial charge in [0.25, 0.3) is 7.82 Å². The summed E-state index contributed by atoms with van der Waals surface area (Å²) in [7, 11) is 1.24. The van der Waals surface area contributed by atoms with Crippen LogP contribution in [0.15, 0.2) is 60.8 Å². The summed E-state index contributed by atoms with van der Waals surface area (Å²) in [5.41, 5.74) is 0. The molecule has 2 N–H and O–H groups in total. The van der Waals surface area contributed by atoms with Crippen molar-refractivity contribution in [1.82, 2.24) is 5.32 Å². The lowest BCUT2D eigenvalue weighted by molar-refractivity contribution is -0.870. The Kier molecular flexibility index (Phi) is 45.0. The molecule has 0 aliphatic carbocycles. The summed E-state index contributed by atoms with van der Waals surface area (Å²) in [6.45, 7) is 4.60.